The molecule has 0 radical (unpaired) electrons. The minimum absolute atomic E-state index is 0.211. The van der Waals surface area contributed by atoms with Gasteiger partial charge in [0, 0.05) is 11.5 Å². The van der Waals surface area contributed by atoms with Crippen molar-refractivity contribution in [1.29, 1.82) is 0 Å². The van der Waals surface area contributed by atoms with Gasteiger partial charge in [-0.2, -0.15) is 0 Å². The van der Waals surface area contributed by atoms with Crippen LogP contribution in [0.4, 0.5) is 13.2 Å². The first-order chi connectivity index (χ1) is 17.5. The Labute approximate surface area is 211 Å². The molecule has 0 amide bonds. The van der Waals surface area contributed by atoms with E-state index in [-0.39, 0.29) is 17.5 Å². The second-order valence-electron chi connectivity index (χ2n) is 9.38. The van der Waals surface area contributed by atoms with Crippen LogP contribution in [-0.2, 0) is 25.7 Å². The Bertz CT molecular complexity index is 1280. The predicted molar refractivity (Wildman–Crippen MR) is 141 cm³/mol. The van der Waals surface area contributed by atoms with Crippen molar-refractivity contribution in [3.05, 3.63) is 113 Å². The molecule has 0 N–H and O–H groups in total. The summed E-state index contributed by atoms with van der Waals surface area (Å²) in [6, 6.07) is 20.9. The monoisotopic (exact) mass is 490 g/mol. The zero-order chi connectivity index (χ0) is 25.3. The molecule has 0 unspecified atom stereocenters. The predicted octanol–water partition coefficient (Wildman–Crippen LogP) is 8.79. The summed E-state index contributed by atoms with van der Waals surface area (Å²) in [5.41, 5.74) is 3.31. The van der Waals surface area contributed by atoms with Gasteiger partial charge in [0.2, 0.25) is 0 Å². The van der Waals surface area contributed by atoms with Crippen molar-refractivity contribution >= 4 is 10.8 Å². The Hall–Kier alpha value is -3.27. The summed E-state index contributed by atoms with van der Waals surface area (Å²) >= 11 is 0. The van der Waals surface area contributed by atoms with Crippen LogP contribution in [0.25, 0.3) is 10.8 Å². The van der Waals surface area contributed by atoms with Crippen molar-refractivity contribution in [1.82, 2.24) is 0 Å². The molecular weight excluding hydrogens is 457 g/mol. The molecule has 36 heavy (non-hydrogen) atoms. The van der Waals surface area contributed by atoms with E-state index in [1.54, 1.807) is 18.2 Å². The summed E-state index contributed by atoms with van der Waals surface area (Å²) in [5, 5.41) is 1.42. The molecule has 0 aromatic heterocycles. The maximum absolute atomic E-state index is 15.1. The smallest absolute Gasteiger partial charge is 0.134 e. The van der Waals surface area contributed by atoms with Crippen LogP contribution < -0.4 is 4.74 Å². The Kier molecular flexibility index (Phi) is 9.05. The van der Waals surface area contributed by atoms with Gasteiger partial charge in [0.25, 0.3) is 0 Å². The first kappa shape index (κ1) is 25.8. The number of halogens is 3. The second-order valence-corrected chi connectivity index (χ2v) is 9.38. The zero-order valence-corrected chi connectivity index (χ0v) is 20.8. The van der Waals surface area contributed by atoms with Crippen LogP contribution in [0.15, 0.2) is 72.8 Å². The first-order valence-corrected chi connectivity index (χ1v) is 12.9. The average Bonchev–Trinajstić information content (AvgIpc) is 2.88. The number of hydrogen-bond acceptors (Lipinski definition) is 1. The van der Waals surface area contributed by atoms with E-state index in [1.807, 2.05) is 36.4 Å². The highest BCUT2D eigenvalue weighted by molar-refractivity contribution is 5.84. The molecule has 0 aliphatic carbocycles. The molecule has 4 rings (SSSR count). The lowest BCUT2D eigenvalue weighted by atomic mass is 9.97. The van der Waals surface area contributed by atoms with Gasteiger partial charge in [0.05, 0.1) is 6.61 Å². The van der Waals surface area contributed by atoms with Gasteiger partial charge < -0.3 is 4.74 Å². The van der Waals surface area contributed by atoms with Crippen LogP contribution in [0.1, 0.15) is 54.9 Å². The highest BCUT2D eigenvalue weighted by Gasteiger charge is 2.10. The summed E-state index contributed by atoms with van der Waals surface area (Å²) in [5.74, 6) is -0.159. The summed E-state index contributed by atoms with van der Waals surface area (Å²) in [7, 11) is 0. The fourth-order valence-electron chi connectivity index (χ4n) is 4.48. The topological polar surface area (TPSA) is 9.23 Å². The van der Waals surface area contributed by atoms with Crippen molar-refractivity contribution < 1.29 is 17.9 Å². The Morgan fingerprint density at radius 1 is 0.639 bits per heavy atom. The van der Waals surface area contributed by atoms with Crippen molar-refractivity contribution in [2.45, 2.75) is 58.3 Å². The van der Waals surface area contributed by atoms with E-state index in [0.29, 0.717) is 54.6 Å². The standard InChI is InChI=1S/C32H33F3O/c1-2-3-4-5-20-36-29-18-15-25(31(34)22-29)11-7-24-10-19-30-27(21-24)14-13-26(32(30)35)12-6-23-8-16-28(33)17-9-23/h8-10,13-19,21-22H,2-7,11-12,20H2,1H3. The lowest BCUT2D eigenvalue weighted by Gasteiger charge is -2.10. The van der Waals surface area contributed by atoms with Crippen molar-refractivity contribution in [2.24, 2.45) is 0 Å². The molecule has 0 fully saturated rings. The van der Waals surface area contributed by atoms with Crippen LogP contribution in [0.3, 0.4) is 0 Å². The fourth-order valence-corrected chi connectivity index (χ4v) is 4.48. The summed E-state index contributed by atoms with van der Waals surface area (Å²) in [6.07, 6.45) is 6.90. The quantitative estimate of drug-likeness (QED) is 0.180. The molecule has 4 aromatic rings. The van der Waals surface area contributed by atoms with Crippen LogP contribution in [0.5, 0.6) is 5.75 Å². The molecule has 0 saturated heterocycles. The molecule has 0 saturated carbocycles. The minimum atomic E-state index is -0.270. The van der Waals surface area contributed by atoms with Crippen molar-refractivity contribution in [2.75, 3.05) is 6.61 Å². The number of aryl methyl sites for hydroxylation is 4. The number of ether oxygens (including phenoxy) is 1. The largest absolute Gasteiger partial charge is 0.493 e. The van der Waals surface area contributed by atoms with E-state index in [9.17, 15) is 8.78 Å². The third-order valence-corrected chi connectivity index (χ3v) is 6.67. The molecule has 0 heterocycles. The first-order valence-electron chi connectivity index (χ1n) is 12.9. The van der Waals surface area contributed by atoms with Gasteiger partial charge in [-0.05, 0) is 77.9 Å². The average molecular weight is 491 g/mol. The molecule has 0 spiro atoms. The molecule has 1 nitrogen and oxygen atoms in total. The lowest BCUT2D eigenvalue weighted by Crippen LogP contribution is -2.00. The highest BCUT2D eigenvalue weighted by Crippen LogP contribution is 2.25. The third-order valence-electron chi connectivity index (χ3n) is 6.67. The van der Waals surface area contributed by atoms with Gasteiger partial charge in [-0.3, -0.25) is 0 Å². The van der Waals surface area contributed by atoms with Gasteiger partial charge >= 0.3 is 0 Å². The second kappa shape index (κ2) is 12.6. The van der Waals surface area contributed by atoms with E-state index in [1.165, 1.54) is 31.0 Å². The molecule has 0 bridgehead atoms. The fraction of sp³-hybridized carbons (Fsp3) is 0.312. The molecular formula is C32H33F3O. The molecule has 4 heteroatoms. The molecule has 0 atom stereocenters. The highest BCUT2D eigenvalue weighted by atomic mass is 19.1. The van der Waals surface area contributed by atoms with Gasteiger partial charge in [-0.1, -0.05) is 74.7 Å². The van der Waals surface area contributed by atoms with Gasteiger partial charge in [-0.15, -0.1) is 0 Å². The van der Waals surface area contributed by atoms with Crippen molar-refractivity contribution in [3.63, 3.8) is 0 Å². The Morgan fingerprint density at radius 3 is 2.14 bits per heavy atom. The van der Waals surface area contributed by atoms with Gasteiger partial charge in [0.15, 0.2) is 0 Å². The maximum atomic E-state index is 15.1. The van der Waals surface area contributed by atoms with E-state index < -0.39 is 0 Å². The maximum Gasteiger partial charge on any atom is 0.134 e. The van der Waals surface area contributed by atoms with Crippen molar-refractivity contribution in [3.8, 4) is 5.75 Å². The van der Waals surface area contributed by atoms with E-state index >= 15 is 4.39 Å². The lowest BCUT2D eigenvalue weighted by molar-refractivity contribution is 0.303. The van der Waals surface area contributed by atoms with Gasteiger partial charge in [0.1, 0.15) is 23.2 Å². The number of unbranched alkanes of at least 4 members (excludes halogenated alkanes) is 3. The Morgan fingerprint density at radius 2 is 1.36 bits per heavy atom. The van der Waals surface area contributed by atoms with E-state index in [0.717, 1.165) is 29.4 Å². The summed E-state index contributed by atoms with van der Waals surface area (Å²) < 4.78 is 48.5. The number of benzene rings is 4. The summed E-state index contributed by atoms with van der Waals surface area (Å²) in [6.45, 7) is 2.78. The molecule has 0 aliphatic rings. The number of rotatable bonds is 12. The minimum Gasteiger partial charge on any atom is -0.493 e. The molecule has 4 aromatic carbocycles. The van der Waals surface area contributed by atoms with Crippen LogP contribution in [-0.4, -0.2) is 6.61 Å². The summed E-state index contributed by atoms with van der Waals surface area (Å²) in [4.78, 5) is 0. The Balaban J connectivity index is 1.35. The zero-order valence-electron chi connectivity index (χ0n) is 20.8. The van der Waals surface area contributed by atoms with E-state index in [2.05, 4.69) is 6.92 Å². The number of fused-ring (bicyclic) bond motifs is 1. The molecule has 188 valence electrons. The number of hydrogen-bond donors (Lipinski definition) is 0. The van der Waals surface area contributed by atoms with Crippen LogP contribution in [0, 0.1) is 17.5 Å². The van der Waals surface area contributed by atoms with Crippen LogP contribution >= 0.6 is 0 Å². The van der Waals surface area contributed by atoms with E-state index in [4.69, 9.17) is 4.74 Å². The van der Waals surface area contributed by atoms with Gasteiger partial charge in [-0.25, -0.2) is 13.2 Å². The normalized spacial score (nSPS) is 11.2. The molecule has 0 aliphatic heterocycles. The third kappa shape index (κ3) is 6.90. The van der Waals surface area contributed by atoms with Crippen LogP contribution in [0.2, 0.25) is 0 Å². The SMILES string of the molecule is CCCCCCOc1ccc(CCc2ccc3c(F)c(CCc4ccc(F)cc4)ccc3c2)c(F)c1.